The highest BCUT2D eigenvalue weighted by Gasteiger charge is 2.40. The van der Waals surface area contributed by atoms with E-state index in [-0.39, 0.29) is 0 Å². The molecule has 3 aliphatic rings. The van der Waals surface area contributed by atoms with Crippen molar-refractivity contribution in [3.05, 3.63) is 41.1 Å². The number of thiophene rings is 1. The molecule has 158 valence electrons. The van der Waals surface area contributed by atoms with Crippen LogP contribution < -0.4 is 10.2 Å². The molecular weight excluding hydrogens is 410 g/mol. The van der Waals surface area contributed by atoms with Gasteiger partial charge in [0.05, 0.1) is 17.6 Å². The molecule has 7 heterocycles. The maximum Gasteiger partial charge on any atom is 0.229 e. The first-order chi connectivity index (χ1) is 15.3. The SMILES string of the molecule is c1nc2n(n1)CCC(Nc1nc(N3C4CCCC3c3cn[nH]c3C4)nc3sccc13)C2. The largest absolute Gasteiger partial charge is 0.366 e. The molecule has 2 bridgehead atoms. The van der Waals surface area contributed by atoms with Gasteiger partial charge in [-0.3, -0.25) is 5.10 Å². The quantitative estimate of drug-likeness (QED) is 0.512. The number of hydrogen-bond acceptors (Lipinski definition) is 8. The van der Waals surface area contributed by atoms with E-state index in [0.717, 1.165) is 60.0 Å². The van der Waals surface area contributed by atoms with Crippen molar-refractivity contribution >= 4 is 33.3 Å². The summed E-state index contributed by atoms with van der Waals surface area (Å²) < 4.78 is 2.00. The number of rotatable bonds is 3. The summed E-state index contributed by atoms with van der Waals surface area (Å²) in [5.41, 5.74) is 2.60. The molecule has 3 unspecified atom stereocenters. The maximum atomic E-state index is 5.11. The fourth-order valence-electron chi connectivity index (χ4n) is 5.52. The van der Waals surface area contributed by atoms with Gasteiger partial charge in [0.15, 0.2) is 0 Å². The van der Waals surface area contributed by atoms with E-state index < -0.39 is 0 Å². The minimum atomic E-state index is 0.295. The van der Waals surface area contributed by atoms with Crippen molar-refractivity contribution in [1.29, 1.82) is 0 Å². The summed E-state index contributed by atoms with van der Waals surface area (Å²) in [4.78, 5) is 18.0. The lowest BCUT2D eigenvalue weighted by molar-refractivity contribution is 0.355. The summed E-state index contributed by atoms with van der Waals surface area (Å²) in [5.74, 6) is 2.82. The molecule has 3 atom stereocenters. The van der Waals surface area contributed by atoms with Crippen molar-refractivity contribution in [2.75, 3.05) is 10.2 Å². The first-order valence-corrected chi connectivity index (χ1v) is 11.9. The Morgan fingerprint density at radius 1 is 1.16 bits per heavy atom. The van der Waals surface area contributed by atoms with Crippen LogP contribution in [-0.2, 0) is 19.4 Å². The highest BCUT2D eigenvalue weighted by atomic mass is 32.1. The molecule has 1 fully saturated rings. The molecule has 1 saturated heterocycles. The molecule has 4 aromatic rings. The molecule has 0 radical (unpaired) electrons. The molecule has 7 rings (SSSR count). The van der Waals surface area contributed by atoms with E-state index in [1.54, 1.807) is 17.7 Å². The minimum Gasteiger partial charge on any atom is -0.366 e. The molecule has 10 heteroatoms. The van der Waals surface area contributed by atoms with Crippen molar-refractivity contribution in [2.45, 2.75) is 63.2 Å². The van der Waals surface area contributed by atoms with E-state index in [0.29, 0.717) is 18.1 Å². The Labute approximate surface area is 182 Å². The van der Waals surface area contributed by atoms with Crippen molar-refractivity contribution in [3.8, 4) is 0 Å². The fourth-order valence-corrected chi connectivity index (χ4v) is 6.28. The summed E-state index contributed by atoms with van der Waals surface area (Å²) >= 11 is 1.68. The van der Waals surface area contributed by atoms with Crippen LogP contribution in [0.25, 0.3) is 10.2 Å². The number of fused-ring (bicyclic) bond motifs is 6. The Morgan fingerprint density at radius 2 is 2.16 bits per heavy atom. The lowest BCUT2D eigenvalue weighted by Gasteiger charge is -2.45. The van der Waals surface area contributed by atoms with Gasteiger partial charge in [-0.2, -0.15) is 15.2 Å². The monoisotopic (exact) mass is 433 g/mol. The van der Waals surface area contributed by atoms with Gasteiger partial charge in [0, 0.05) is 42.7 Å². The van der Waals surface area contributed by atoms with Gasteiger partial charge in [-0.25, -0.2) is 14.6 Å². The van der Waals surface area contributed by atoms with E-state index in [4.69, 9.17) is 9.97 Å². The first-order valence-electron chi connectivity index (χ1n) is 11.0. The fraction of sp³-hybridized carbons (Fsp3) is 0.476. The molecule has 0 saturated carbocycles. The normalized spacial score (nSPS) is 24.8. The van der Waals surface area contributed by atoms with E-state index in [1.165, 1.54) is 24.1 Å². The van der Waals surface area contributed by atoms with E-state index in [9.17, 15) is 0 Å². The molecule has 0 amide bonds. The summed E-state index contributed by atoms with van der Waals surface area (Å²) in [5, 5.41) is 18.8. The smallest absolute Gasteiger partial charge is 0.229 e. The highest BCUT2D eigenvalue weighted by molar-refractivity contribution is 7.16. The molecule has 9 nitrogen and oxygen atoms in total. The van der Waals surface area contributed by atoms with Crippen LogP contribution in [0.3, 0.4) is 0 Å². The lowest BCUT2D eigenvalue weighted by Crippen LogP contribution is -2.47. The zero-order valence-electron chi connectivity index (χ0n) is 17.0. The summed E-state index contributed by atoms with van der Waals surface area (Å²) in [6, 6.07) is 3.15. The molecular formula is C21H23N9S. The molecule has 3 aliphatic heterocycles. The molecule has 0 aliphatic carbocycles. The maximum absolute atomic E-state index is 5.11. The van der Waals surface area contributed by atoms with Crippen LogP contribution in [0.1, 0.15) is 48.8 Å². The van der Waals surface area contributed by atoms with Gasteiger partial charge in [0.25, 0.3) is 0 Å². The van der Waals surface area contributed by atoms with Crippen molar-refractivity contribution in [1.82, 2.24) is 34.9 Å². The van der Waals surface area contributed by atoms with Crippen molar-refractivity contribution < 1.29 is 0 Å². The van der Waals surface area contributed by atoms with E-state index >= 15 is 0 Å². The predicted octanol–water partition coefficient (Wildman–Crippen LogP) is 3.09. The standard InChI is InChI=1S/C21H23N9S/c1-2-13-9-16-15(10-23-28-16)17(3-1)30(13)21-26-19(14-5-7-31-20(14)27-21)25-12-4-6-29-18(8-12)22-11-24-29/h5,7,10-13,17H,1-4,6,8-9H2,(H,23,28)(H,25,26,27). The zero-order valence-corrected chi connectivity index (χ0v) is 17.8. The number of aromatic amines is 1. The van der Waals surface area contributed by atoms with Crippen LogP contribution >= 0.6 is 11.3 Å². The predicted molar refractivity (Wildman–Crippen MR) is 118 cm³/mol. The number of aryl methyl sites for hydroxylation is 1. The number of anilines is 2. The average molecular weight is 434 g/mol. The Balaban J connectivity index is 1.27. The number of nitrogens with one attached hydrogen (secondary N) is 2. The molecule has 4 aromatic heterocycles. The molecule has 2 N–H and O–H groups in total. The third-order valence-electron chi connectivity index (χ3n) is 6.99. The topological polar surface area (TPSA) is 100 Å². The Morgan fingerprint density at radius 3 is 3.16 bits per heavy atom. The zero-order chi connectivity index (χ0) is 20.4. The van der Waals surface area contributed by atoms with Crippen LogP contribution in [0.4, 0.5) is 11.8 Å². The number of H-pyrrole nitrogens is 1. The van der Waals surface area contributed by atoms with Gasteiger partial charge in [-0.1, -0.05) is 0 Å². The van der Waals surface area contributed by atoms with Crippen LogP contribution in [0.2, 0.25) is 0 Å². The highest BCUT2D eigenvalue weighted by Crippen LogP contribution is 2.43. The van der Waals surface area contributed by atoms with E-state index in [1.807, 2.05) is 10.9 Å². The second kappa shape index (κ2) is 6.74. The van der Waals surface area contributed by atoms with E-state index in [2.05, 4.69) is 41.9 Å². The van der Waals surface area contributed by atoms with Gasteiger partial charge in [0.2, 0.25) is 5.95 Å². The number of aromatic nitrogens is 7. The van der Waals surface area contributed by atoms with Gasteiger partial charge < -0.3 is 10.2 Å². The Hall–Kier alpha value is -3.01. The average Bonchev–Trinajstić information content (AvgIpc) is 3.53. The number of hydrogen-bond donors (Lipinski definition) is 2. The molecule has 0 aromatic carbocycles. The van der Waals surface area contributed by atoms with Crippen LogP contribution in [-0.4, -0.2) is 47.0 Å². The lowest BCUT2D eigenvalue weighted by atomic mass is 9.83. The van der Waals surface area contributed by atoms with Crippen LogP contribution in [0, 0.1) is 0 Å². The molecule has 31 heavy (non-hydrogen) atoms. The number of nitrogens with zero attached hydrogens (tertiary/aromatic N) is 7. The summed E-state index contributed by atoms with van der Waals surface area (Å²) in [7, 11) is 0. The summed E-state index contributed by atoms with van der Waals surface area (Å²) in [6.45, 7) is 0.886. The van der Waals surface area contributed by atoms with Crippen LogP contribution in [0.15, 0.2) is 24.0 Å². The first kappa shape index (κ1) is 17.6. The second-order valence-electron chi connectivity index (χ2n) is 8.76. The third kappa shape index (κ3) is 2.77. The van der Waals surface area contributed by atoms with Crippen molar-refractivity contribution in [3.63, 3.8) is 0 Å². The third-order valence-corrected chi connectivity index (χ3v) is 7.80. The van der Waals surface area contributed by atoms with Gasteiger partial charge in [-0.15, -0.1) is 11.3 Å². The van der Waals surface area contributed by atoms with Gasteiger partial charge in [0.1, 0.15) is 22.8 Å². The minimum absolute atomic E-state index is 0.295. The van der Waals surface area contributed by atoms with Crippen molar-refractivity contribution in [2.24, 2.45) is 0 Å². The summed E-state index contributed by atoms with van der Waals surface area (Å²) in [6.07, 6.45) is 10.0. The molecule has 0 spiro atoms. The number of piperidine rings is 1. The van der Waals surface area contributed by atoms with Crippen LogP contribution in [0.5, 0.6) is 0 Å². The Kier molecular flexibility index (Phi) is 3.84. The Bertz CT molecular complexity index is 1260. The van der Waals surface area contributed by atoms with Gasteiger partial charge >= 0.3 is 0 Å². The second-order valence-corrected chi connectivity index (χ2v) is 9.66. The van der Waals surface area contributed by atoms with Gasteiger partial charge in [-0.05, 0) is 37.1 Å².